The Hall–Kier alpha value is -3.18. The lowest BCUT2D eigenvalue weighted by atomic mass is 9.99. The number of hydrogen-bond acceptors (Lipinski definition) is 3. The van der Waals surface area contributed by atoms with E-state index in [1.54, 1.807) is 10.6 Å². The number of nitrogens with zero attached hydrogens (tertiary/aromatic N) is 1. The van der Waals surface area contributed by atoms with Crippen LogP contribution in [0.2, 0.25) is 0 Å². The first-order valence-electron chi connectivity index (χ1n) is 10.8. The summed E-state index contributed by atoms with van der Waals surface area (Å²) >= 11 is 0. The molecule has 0 bridgehead atoms. The summed E-state index contributed by atoms with van der Waals surface area (Å²) in [5.74, 6) is -0.0173. The van der Waals surface area contributed by atoms with E-state index in [-0.39, 0.29) is 17.0 Å². The number of benzene rings is 2. The number of anilines is 1. The fourth-order valence-electron chi connectivity index (χ4n) is 3.88. The van der Waals surface area contributed by atoms with E-state index in [1.165, 1.54) is 0 Å². The van der Waals surface area contributed by atoms with E-state index in [0.29, 0.717) is 18.2 Å². The maximum absolute atomic E-state index is 13.2. The van der Waals surface area contributed by atoms with Crippen molar-refractivity contribution in [3.63, 3.8) is 0 Å². The van der Waals surface area contributed by atoms with Crippen molar-refractivity contribution in [3.8, 4) is 11.1 Å². The second-order valence-electron chi connectivity index (χ2n) is 8.34. The number of carbonyl (C=O) groups is 1. The van der Waals surface area contributed by atoms with Gasteiger partial charge >= 0.3 is 0 Å². The predicted molar refractivity (Wildman–Crippen MR) is 124 cm³/mol. The molecule has 2 heterocycles. The average Bonchev–Trinajstić information content (AvgIpc) is 2.78. The van der Waals surface area contributed by atoms with Gasteiger partial charge in [0.15, 0.2) is 0 Å². The monoisotopic (exact) mass is 416 g/mol. The van der Waals surface area contributed by atoms with Crippen LogP contribution in [0.3, 0.4) is 0 Å². The highest BCUT2D eigenvalue weighted by atomic mass is 16.5. The number of pyridine rings is 1. The van der Waals surface area contributed by atoms with E-state index in [1.807, 2.05) is 68.6 Å². The molecule has 5 heteroatoms. The summed E-state index contributed by atoms with van der Waals surface area (Å²) in [6, 6.07) is 17.4. The molecule has 0 atom stereocenters. The molecule has 2 aromatic carbocycles. The van der Waals surface area contributed by atoms with Crippen LogP contribution in [0.1, 0.15) is 34.3 Å². The summed E-state index contributed by atoms with van der Waals surface area (Å²) in [7, 11) is 0. The van der Waals surface area contributed by atoms with Crippen molar-refractivity contribution in [2.75, 3.05) is 18.5 Å². The number of ether oxygens (including phenoxy) is 1. The van der Waals surface area contributed by atoms with Gasteiger partial charge in [0.25, 0.3) is 11.5 Å². The minimum absolute atomic E-state index is 0.158. The summed E-state index contributed by atoms with van der Waals surface area (Å²) < 4.78 is 7.16. The summed E-state index contributed by atoms with van der Waals surface area (Å²) in [6.07, 6.45) is 3.73. The van der Waals surface area contributed by atoms with Gasteiger partial charge in [0.05, 0.1) is 0 Å². The van der Waals surface area contributed by atoms with Crippen LogP contribution < -0.4 is 10.9 Å². The Kier molecular flexibility index (Phi) is 6.33. The molecule has 4 rings (SSSR count). The lowest BCUT2D eigenvalue weighted by molar-refractivity contribution is 0.0609. The van der Waals surface area contributed by atoms with Crippen LogP contribution in [-0.2, 0) is 11.3 Å². The Morgan fingerprint density at radius 2 is 1.58 bits per heavy atom. The number of carbonyl (C=O) groups excluding carboxylic acids is 1. The van der Waals surface area contributed by atoms with Crippen molar-refractivity contribution >= 4 is 11.6 Å². The van der Waals surface area contributed by atoms with E-state index in [4.69, 9.17) is 4.74 Å². The molecule has 0 spiro atoms. The average molecular weight is 417 g/mol. The van der Waals surface area contributed by atoms with Crippen molar-refractivity contribution in [2.45, 2.75) is 33.2 Å². The number of hydrogen-bond donors (Lipinski definition) is 1. The van der Waals surface area contributed by atoms with Crippen LogP contribution in [0.25, 0.3) is 11.1 Å². The van der Waals surface area contributed by atoms with Crippen LogP contribution in [0.4, 0.5) is 5.69 Å². The highest BCUT2D eigenvalue weighted by Crippen LogP contribution is 2.22. The highest BCUT2D eigenvalue weighted by molar-refractivity contribution is 6.04. The van der Waals surface area contributed by atoms with Gasteiger partial charge in [-0.25, -0.2) is 0 Å². The SMILES string of the molecule is Cc1ccc(NC(=O)c2cc(-c3ccc(C)cc3)cn(CC3CCOCC3)c2=O)cc1. The Balaban J connectivity index is 1.71. The zero-order chi connectivity index (χ0) is 21.8. The Labute approximate surface area is 182 Å². The first kappa shape index (κ1) is 21.1. The van der Waals surface area contributed by atoms with Crippen LogP contribution in [0.15, 0.2) is 65.6 Å². The van der Waals surface area contributed by atoms with Crippen LogP contribution in [0, 0.1) is 19.8 Å². The van der Waals surface area contributed by atoms with Gasteiger partial charge in [-0.15, -0.1) is 0 Å². The van der Waals surface area contributed by atoms with Gasteiger partial charge in [-0.1, -0.05) is 47.5 Å². The largest absolute Gasteiger partial charge is 0.381 e. The van der Waals surface area contributed by atoms with Gasteiger partial charge in [0.2, 0.25) is 0 Å². The third kappa shape index (κ3) is 5.12. The molecule has 1 aromatic heterocycles. The molecule has 1 amide bonds. The maximum atomic E-state index is 13.2. The molecule has 5 nitrogen and oxygen atoms in total. The summed E-state index contributed by atoms with van der Waals surface area (Å²) in [5.41, 5.74) is 4.69. The van der Waals surface area contributed by atoms with E-state index in [9.17, 15) is 9.59 Å². The Bertz CT molecular complexity index is 1110. The van der Waals surface area contributed by atoms with E-state index in [2.05, 4.69) is 5.32 Å². The number of amides is 1. The standard InChI is InChI=1S/C26H28N2O3/c1-18-3-7-21(8-4-18)22-15-24(25(29)27-23-9-5-19(2)6-10-23)26(30)28(17-22)16-20-11-13-31-14-12-20/h3-10,15,17,20H,11-14,16H2,1-2H3,(H,27,29). The molecule has 0 saturated carbocycles. The number of aryl methyl sites for hydroxylation is 2. The van der Waals surface area contributed by atoms with Crippen LogP contribution in [-0.4, -0.2) is 23.7 Å². The fourth-order valence-corrected chi connectivity index (χ4v) is 3.88. The fraction of sp³-hybridized carbons (Fsp3) is 0.308. The van der Waals surface area contributed by atoms with Gasteiger partial charge in [-0.2, -0.15) is 0 Å². The Morgan fingerprint density at radius 3 is 2.23 bits per heavy atom. The second kappa shape index (κ2) is 9.31. The molecule has 3 aromatic rings. The Morgan fingerprint density at radius 1 is 0.968 bits per heavy atom. The zero-order valence-corrected chi connectivity index (χ0v) is 18.1. The van der Waals surface area contributed by atoms with Crippen LogP contribution in [0.5, 0.6) is 0 Å². The van der Waals surface area contributed by atoms with Gasteiger partial charge in [-0.05, 0) is 61.9 Å². The first-order valence-corrected chi connectivity index (χ1v) is 10.8. The molecular formula is C26H28N2O3. The minimum atomic E-state index is -0.386. The van der Waals surface area contributed by atoms with Gasteiger partial charge in [-0.3, -0.25) is 9.59 Å². The van der Waals surface area contributed by atoms with E-state index < -0.39 is 0 Å². The topological polar surface area (TPSA) is 60.3 Å². The molecule has 0 radical (unpaired) electrons. The van der Waals surface area contributed by atoms with Crippen molar-refractivity contribution in [1.82, 2.24) is 4.57 Å². The van der Waals surface area contributed by atoms with E-state index >= 15 is 0 Å². The lowest BCUT2D eigenvalue weighted by Gasteiger charge is -2.23. The molecule has 1 N–H and O–H groups in total. The lowest BCUT2D eigenvalue weighted by Crippen LogP contribution is -2.32. The predicted octanol–water partition coefficient (Wildman–Crippen LogP) is 4.81. The third-order valence-corrected chi connectivity index (χ3v) is 5.82. The van der Waals surface area contributed by atoms with Gasteiger partial charge in [0, 0.05) is 31.6 Å². The molecule has 1 aliphatic rings. The quantitative estimate of drug-likeness (QED) is 0.649. The summed E-state index contributed by atoms with van der Waals surface area (Å²) in [4.78, 5) is 26.3. The molecule has 1 saturated heterocycles. The van der Waals surface area contributed by atoms with Gasteiger partial charge in [0.1, 0.15) is 5.56 Å². The second-order valence-corrected chi connectivity index (χ2v) is 8.34. The summed E-state index contributed by atoms with van der Waals surface area (Å²) in [5, 5.41) is 2.87. The van der Waals surface area contributed by atoms with Crippen LogP contribution >= 0.6 is 0 Å². The molecular weight excluding hydrogens is 388 g/mol. The van der Waals surface area contributed by atoms with Gasteiger partial charge < -0.3 is 14.6 Å². The normalized spacial score (nSPS) is 14.4. The number of rotatable bonds is 5. The summed E-state index contributed by atoms with van der Waals surface area (Å²) in [6.45, 7) is 6.06. The minimum Gasteiger partial charge on any atom is -0.381 e. The molecule has 1 fully saturated rings. The van der Waals surface area contributed by atoms with E-state index in [0.717, 1.165) is 48.3 Å². The van der Waals surface area contributed by atoms with Crippen molar-refractivity contribution < 1.29 is 9.53 Å². The zero-order valence-electron chi connectivity index (χ0n) is 18.1. The highest BCUT2D eigenvalue weighted by Gasteiger charge is 2.19. The molecule has 0 aliphatic carbocycles. The number of aromatic nitrogens is 1. The molecule has 31 heavy (non-hydrogen) atoms. The smallest absolute Gasteiger partial charge is 0.263 e. The van der Waals surface area contributed by atoms with Crippen molar-refractivity contribution in [1.29, 1.82) is 0 Å². The maximum Gasteiger partial charge on any atom is 0.263 e. The van der Waals surface area contributed by atoms with Crippen molar-refractivity contribution in [3.05, 3.63) is 87.8 Å². The number of nitrogens with one attached hydrogen (secondary N) is 1. The third-order valence-electron chi connectivity index (χ3n) is 5.82. The molecule has 160 valence electrons. The first-order chi connectivity index (χ1) is 15.0. The van der Waals surface area contributed by atoms with Crippen molar-refractivity contribution in [2.24, 2.45) is 5.92 Å². The molecule has 1 aliphatic heterocycles. The molecule has 0 unspecified atom stereocenters.